The first-order valence-electron chi connectivity index (χ1n) is 7.87. The molecule has 2 N–H and O–H groups in total. The summed E-state index contributed by atoms with van der Waals surface area (Å²) in [4.78, 5) is 20.4. The smallest absolute Gasteiger partial charge is 0.337 e. The zero-order valence-corrected chi connectivity index (χ0v) is 15.0. The number of ether oxygens (including phenoxy) is 1. The van der Waals surface area contributed by atoms with Crippen LogP contribution in [0.1, 0.15) is 16.2 Å². The van der Waals surface area contributed by atoms with Gasteiger partial charge in [0, 0.05) is 22.5 Å². The molecule has 3 aromatic rings. The van der Waals surface area contributed by atoms with E-state index in [1.54, 1.807) is 37.3 Å². The lowest BCUT2D eigenvalue weighted by Gasteiger charge is -2.11. The Hall–Kier alpha value is -3.12. The summed E-state index contributed by atoms with van der Waals surface area (Å²) in [5, 5.41) is 7.02. The topological polar surface area (TPSA) is 76.1 Å². The number of aryl methyl sites for hydroxylation is 1. The number of nitrogens with zero attached hydrogens (tertiary/aromatic N) is 2. The molecule has 0 aliphatic rings. The minimum absolute atomic E-state index is 0.393. The van der Waals surface area contributed by atoms with Crippen molar-refractivity contribution in [3.05, 3.63) is 71.0 Å². The Kier molecular flexibility index (Phi) is 5.34. The number of esters is 1. The normalized spacial score (nSPS) is 10.3. The number of anilines is 4. The van der Waals surface area contributed by atoms with Gasteiger partial charge in [-0.1, -0.05) is 23.7 Å². The van der Waals surface area contributed by atoms with Crippen LogP contribution >= 0.6 is 11.6 Å². The summed E-state index contributed by atoms with van der Waals surface area (Å²) in [5.74, 6) is 1.44. The van der Waals surface area contributed by atoms with Gasteiger partial charge in [-0.15, -0.1) is 0 Å². The van der Waals surface area contributed by atoms with Crippen molar-refractivity contribution in [2.24, 2.45) is 0 Å². The van der Waals surface area contributed by atoms with Crippen LogP contribution in [0, 0.1) is 6.92 Å². The van der Waals surface area contributed by atoms with E-state index in [9.17, 15) is 4.79 Å². The molecule has 1 heterocycles. The average molecular weight is 369 g/mol. The molecule has 0 unspecified atom stereocenters. The van der Waals surface area contributed by atoms with Crippen LogP contribution in [-0.2, 0) is 4.74 Å². The van der Waals surface area contributed by atoms with Crippen LogP contribution < -0.4 is 10.6 Å². The van der Waals surface area contributed by atoms with Crippen LogP contribution in [0.3, 0.4) is 0 Å². The molecule has 0 fully saturated rings. The number of aromatic nitrogens is 2. The fraction of sp³-hybridized carbons (Fsp3) is 0.105. The number of carbonyl (C=O) groups excluding carboxylic acids is 1. The van der Waals surface area contributed by atoms with E-state index in [-0.39, 0.29) is 0 Å². The highest BCUT2D eigenvalue weighted by atomic mass is 35.5. The molecule has 1 aromatic heterocycles. The van der Waals surface area contributed by atoms with Crippen molar-refractivity contribution in [2.45, 2.75) is 6.92 Å². The van der Waals surface area contributed by atoms with Crippen molar-refractivity contribution in [3.8, 4) is 0 Å². The van der Waals surface area contributed by atoms with Crippen molar-refractivity contribution >= 4 is 40.6 Å². The fourth-order valence-corrected chi connectivity index (χ4v) is 2.59. The van der Waals surface area contributed by atoms with Gasteiger partial charge in [-0.3, -0.25) is 0 Å². The van der Waals surface area contributed by atoms with Gasteiger partial charge in [-0.05, 0) is 43.3 Å². The number of methoxy groups -OCH3 is 1. The first-order chi connectivity index (χ1) is 12.5. The molecule has 6 nitrogen and oxygen atoms in total. The number of nitrogens with one attached hydrogen (secondary N) is 2. The molecular formula is C19H17ClN4O2. The van der Waals surface area contributed by atoms with Crippen LogP contribution in [0.4, 0.5) is 23.0 Å². The summed E-state index contributed by atoms with van der Waals surface area (Å²) in [7, 11) is 1.35. The van der Waals surface area contributed by atoms with Gasteiger partial charge >= 0.3 is 5.97 Å². The zero-order valence-electron chi connectivity index (χ0n) is 14.3. The van der Waals surface area contributed by atoms with Gasteiger partial charge in [0.05, 0.1) is 12.7 Å². The third kappa shape index (κ3) is 4.49. The molecule has 0 atom stereocenters. The maximum atomic E-state index is 11.7. The van der Waals surface area contributed by atoms with Crippen molar-refractivity contribution in [1.29, 1.82) is 0 Å². The summed E-state index contributed by atoms with van der Waals surface area (Å²) < 4.78 is 4.74. The monoisotopic (exact) mass is 368 g/mol. The summed E-state index contributed by atoms with van der Waals surface area (Å²) in [6.07, 6.45) is 0. The molecule has 26 heavy (non-hydrogen) atoms. The Labute approximate surface area is 156 Å². The molecule has 0 bridgehead atoms. The van der Waals surface area contributed by atoms with Gasteiger partial charge in [0.25, 0.3) is 0 Å². The second kappa shape index (κ2) is 7.84. The number of benzene rings is 2. The van der Waals surface area contributed by atoms with E-state index >= 15 is 0 Å². The molecule has 0 aliphatic carbocycles. The lowest BCUT2D eigenvalue weighted by atomic mass is 10.2. The maximum absolute atomic E-state index is 11.7. The molecule has 0 amide bonds. The third-order valence-electron chi connectivity index (χ3n) is 3.49. The summed E-state index contributed by atoms with van der Waals surface area (Å²) in [6, 6.07) is 16.2. The highest BCUT2D eigenvalue weighted by Gasteiger charge is 2.07. The van der Waals surface area contributed by atoms with Gasteiger partial charge in [0.2, 0.25) is 0 Å². The molecular weight excluding hydrogens is 352 g/mol. The van der Waals surface area contributed by atoms with Crippen molar-refractivity contribution < 1.29 is 9.53 Å². The van der Waals surface area contributed by atoms with E-state index in [0.717, 1.165) is 11.4 Å². The number of rotatable bonds is 5. The largest absolute Gasteiger partial charge is 0.465 e. The molecule has 2 aromatic carbocycles. The van der Waals surface area contributed by atoms with Gasteiger partial charge in [-0.2, -0.15) is 0 Å². The Morgan fingerprint density at radius 3 is 2.19 bits per heavy atom. The second-order valence-corrected chi connectivity index (χ2v) is 5.95. The first kappa shape index (κ1) is 17.7. The lowest BCUT2D eigenvalue weighted by molar-refractivity contribution is 0.0601. The lowest BCUT2D eigenvalue weighted by Crippen LogP contribution is -2.03. The number of hydrogen-bond acceptors (Lipinski definition) is 6. The molecule has 3 rings (SSSR count). The fourth-order valence-electron chi connectivity index (χ4n) is 2.40. The van der Waals surface area contributed by atoms with E-state index in [1.807, 2.05) is 24.3 Å². The van der Waals surface area contributed by atoms with Crippen molar-refractivity contribution in [2.75, 3.05) is 17.7 Å². The molecule has 0 spiro atoms. The zero-order chi connectivity index (χ0) is 18.5. The number of hydrogen-bond donors (Lipinski definition) is 2. The predicted octanol–water partition coefficient (Wildman–Crippen LogP) is 4.71. The van der Waals surface area contributed by atoms with E-state index in [1.165, 1.54) is 7.11 Å². The van der Waals surface area contributed by atoms with Gasteiger partial charge in [-0.25, -0.2) is 14.8 Å². The van der Waals surface area contributed by atoms with Gasteiger partial charge in [0.15, 0.2) is 0 Å². The number of halogens is 1. The van der Waals surface area contributed by atoms with Crippen LogP contribution in [0.25, 0.3) is 0 Å². The predicted molar refractivity (Wildman–Crippen MR) is 103 cm³/mol. The highest BCUT2D eigenvalue weighted by molar-refractivity contribution is 6.30. The first-order valence-corrected chi connectivity index (χ1v) is 8.25. The van der Waals surface area contributed by atoms with Gasteiger partial charge in [0.1, 0.15) is 17.5 Å². The highest BCUT2D eigenvalue weighted by Crippen LogP contribution is 2.22. The Bertz CT molecular complexity index is 946. The Morgan fingerprint density at radius 2 is 1.58 bits per heavy atom. The van der Waals surface area contributed by atoms with Crippen molar-refractivity contribution in [3.63, 3.8) is 0 Å². The third-order valence-corrected chi connectivity index (χ3v) is 3.73. The second-order valence-electron chi connectivity index (χ2n) is 5.52. The van der Waals surface area contributed by atoms with E-state index in [0.29, 0.717) is 28.0 Å². The molecule has 0 radical (unpaired) electrons. The van der Waals surface area contributed by atoms with E-state index in [2.05, 4.69) is 20.6 Å². The quantitative estimate of drug-likeness (QED) is 0.635. The van der Waals surface area contributed by atoms with E-state index in [4.69, 9.17) is 16.3 Å². The summed E-state index contributed by atoms with van der Waals surface area (Å²) >= 11 is 6.01. The van der Waals surface area contributed by atoms with Crippen LogP contribution in [0.15, 0.2) is 54.6 Å². The molecule has 0 saturated carbocycles. The van der Waals surface area contributed by atoms with Crippen LogP contribution in [0.2, 0.25) is 5.02 Å². The minimum atomic E-state index is -0.393. The molecule has 7 heteroatoms. The molecule has 132 valence electrons. The Morgan fingerprint density at radius 1 is 0.962 bits per heavy atom. The number of carbonyl (C=O) groups is 1. The summed E-state index contributed by atoms with van der Waals surface area (Å²) in [5.41, 5.74) is 2.01. The standard InChI is InChI=1S/C19H17ClN4O2/c1-12-21-17(23-15-7-3-5-13(9-15)19(25)26-2)11-18(22-12)24-16-8-4-6-14(20)10-16/h3-11H,1-2H3,(H2,21,22,23,24). The van der Waals surface area contributed by atoms with Crippen LogP contribution in [-0.4, -0.2) is 23.0 Å². The molecule has 0 saturated heterocycles. The Balaban J connectivity index is 1.83. The van der Waals surface area contributed by atoms with Crippen molar-refractivity contribution in [1.82, 2.24) is 9.97 Å². The van der Waals surface area contributed by atoms with E-state index < -0.39 is 5.97 Å². The van der Waals surface area contributed by atoms with Gasteiger partial charge < -0.3 is 15.4 Å². The average Bonchev–Trinajstić information content (AvgIpc) is 2.60. The minimum Gasteiger partial charge on any atom is -0.465 e. The molecule has 0 aliphatic heterocycles. The summed E-state index contributed by atoms with van der Waals surface area (Å²) in [6.45, 7) is 1.80. The maximum Gasteiger partial charge on any atom is 0.337 e. The van der Waals surface area contributed by atoms with Crippen LogP contribution in [0.5, 0.6) is 0 Å². The SMILES string of the molecule is COC(=O)c1cccc(Nc2cc(Nc3cccc(Cl)c3)nc(C)n2)c1.